The summed E-state index contributed by atoms with van der Waals surface area (Å²) in [6, 6.07) is 0. The van der Waals surface area contributed by atoms with Crippen molar-refractivity contribution in [3.63, 3.8) is 0 Å². The molecule has 12 heavy (non-hydrogen) atoms. The summed E-state index contributed by atoms with van der Waals surface area (Å²) in [5.74, 6) is 1.78. The summed E-state index contributed by atoms with van der Waals surface area (Å²) in [5.41, 5.74) is 0. The molecular formula is C11H25N. The Labute approximate surface area is 78.1 Å². The van der Waals surface area contributed by atoms with Gasteiger partial charge in [0.05, 0.1) is 0 Å². The minimum absolute atomic E-state index is 0.838. The summed E-state index contributed by atoms with van der Waals surface area (Å²) in [7, 11) is 0. The highest BCUT2D eigenvalue weighted by molar-refractivity contribution is 4.72. The lowest BCUT2D eigenvalue weighted by atomic mass is 10.2. The summed E-state index contributed by atoms with van der Waals surface area (Å²) in [5, 5.41) is 0. The van der Waals surface area contributed by atoms with Crippen LogP contribution in [0.25, 0.3) is 0 Å². The van der Waals surface area contributed by atoms with Crippen molar-refractivity contribution in [3.8, 4) is 0 Å². The Kier molecular flexibility index (Phi) is 6.45. The molecule has 1 atom stereocenters. The van der Waals surface area contributed by atoms with Crippen molar-refractivity contribution in [2.24, 2.45) is 11.8 Å². The first-order valence-corrected chi connectivity index (χ1v) is 5.41. The fraction of sp³-hybridized carbons (Fsp3) is 1.00. The molecule has 0 bridgehead atoms. The summed E-state index contributed by atoms with van der Waals surface area (Å²) in [4.78, 5) is 2.58. The lowest BCUT2D eigenvalue weighted by molar-refractivity contribution is 0.290. The van der Waals surface area contributed by atoms with Crippen LogP contribution in [0.5, 0.6) is 0 Å². The van der Waals surface area contributed by atoms with E-state index in [4.69, 9.17) is 0 Å². The third-order valence-electron chi connectivity index (χ3n) is 2.13. The highest BCUT2D eigenvalue weighted by Gasteiger charge is 2.18. The Balaban J connectivity index is 0.000000561. The molecule has 0 saturated carbocycles. The molecule has 0 aliphatic carbocycles. The van der Waals surface area contributed by atoms with E-state index in [0.717, 1.165) is 11.8 Å². The summed E-state index contributed by atoms with van der Waals surface area (Å²) in [6.07, 6.45) is 1.41. The van der Waals surface area contributed by atoms with Crippen molar-refractivity contribution in [2.75, 3.05) is 19.6 Å². The molecule has 1 heteroatoms. The summed E-state index contributed by atoms with van der Waals surface area (Å²) in [6.45, 7) is 14.9. The number of likely N-dealkylation sites (tertiary alicyclic amines) is 1. The van der Waals surface area contributed by atoms with Crippen LogP contribution in [0.2, 0.25) is 0 Å². The van der Waals surface area contributed by atoms with Crippen LogP contribution < -0.4 is 0 Å². The van der Waals surface area contributed by atoms with E-state index < -0.39 is 0 Å². The highest BCUT2D eigenvalue weighted by Crippen LogP contribution is 2.15. The van der Waals surface area contributed by atoms with Gasteiger partial charge in [0.2, 0.25) is 0 Å². The molecule has 0 aromatic carbocycles. The first-order valence-electron chi connectivity index (χ1n) is 5.41. The van der Waals surface area contributed by atoms with Gasteiger partial charge in [-0.1, -0.05) is 34.6 Å². The van der Waals surface area contributed by atoms with Crippen molar-refractivity contribution in [3.05, 3.63) is 0 Å². The van der Waals surface area contributed by atoms with Crippen LogP contribution in [0.1, 0.15) is 41.0 Å². The van der Waals surface area contributed by atoms with E-state index in [1.165, 1.54) is 26.1 Å². The minimum Gasteiger partial charge on any atom is -0.303 e. The van der Waals surface area contributed by atoms with Gasteiger partial charge in [0, 0.05) is 13.1 Å². The van der Waals surface area contributed by atoms with Crippen LogP contribution in [0.15, 0.2) is 0 Å². The molecule has 1 aliphatic heterocycles. The SMILES string of the molecule is CC.CC(C)CN1CC[C@H](C)C1. The van der Waals surface area contributed by atoms with Gasteiger partial charge in [0.1, 0.15) is 0 Å². The van der Waals surface area contributed by atoms with Crippen LogP contribution in [0.3, 0.4) is 0 Å². The minimum atomic E-state index is 0.838. The first-order chi connectivity index (χ1) is 5.68. The Morgan fingerprint density at radius 2 is 1.92 bits per heavy atom. The predicted molar refractivity (Wildman–Crippen MR) is 56.4 cm³/mol. The molecule has 0 aromatic rings. The molecule has 0 aromatic heterocycles. The molecule has 1 aliphatic rings. The highest BCUT2D eigenvalue weighted by atomic mass is 15.1. The van der Waals surface area contributed by atoms with Crippen LogP contribution >= 0.6 is 0 Å². The lowest BCUT2D eigenvalue weighted by Gasteiger charge is -2.17. The lowest BCUT2D eigenvalue weighted by Crippen LogP contribution is -2.24. The van der Waals surface area contributed by atoms with Gasteiger partial charge >= 0.3 is 0 Å². The van der Waals surface area contributed by atoms with E-state index in [9.17, 15) is 0 Å². The van der Waals surface area contributed by atoms with E-state index in [-0.39, 0.29) is 0 Å². The van der Waals surface area contributed by atoms with Crippen molar-refractivity contribution in [2.45, 2.75) is 41.0 Å². The summed E-state index contributed by atoms with van der Waals surface area (Å²) < 4.78 is 0. The molecule has 0 radical (unpaired) electrons. The molecule has 0 amide bonds. The zero-order valence-corrected chi connectivity index (χ0v) is 9.43. The van der Waals surface area contributed by atoms with Gasteiger partial charge in [-0.25, -0.2) is 0 Å². The summed E-state index contributed by atoms with van der Waals surface area (Å²) >= 11 is 0. The topological polar surface area (TPSA) is 3.24 Å². The second-order valence-corrected chi connectivity index (χ2v) is 4.05. The van der Waals surface area contributed by atoms with E-state index in [1.807, 2.05) is 13.8 Å². The van der Waals surface area contributed by atoms with Crippen molar-refractivity contribution >= 4 is 0 Å². The van der Waals surface area contributed by atoms with Crippen LogP contribution in [0, 0.1) is 11.8 Å². The fourth-order valence-corrected chi connectivity index (χ4v) is 1.71. The standard InChI is InChI=1S/C9H19N.C2H6/c1-8(2)6-10-5-4-9(3)7-10;1-2/h8-9H,4-7H2,1-3H3;1-2H3/t9-;/m0./s1. The average Bonchev–Trinajstić information content (AvgIpc) is 2.39. The van der Waals surface area contributed by atoms with Gasteiger partial charge in [-0.2, -0.15) is 0 Å². The Morgan fingerprint density at radius 1 is 1.33 bits per heavy atom. The van der Waals surface area contributed by atoms with E-state index in [0.29, 0.717) is 0 Å². The third-order valence-corrected chi connectivity index (χ3v) is 2.13. The van der Waals surface area contributed by atoms with Crippen molar-refractivity contribution in [1.82, 2.24) is 4.90 Å². The molecular weight excluding hydrogens is 146 g/mol. The van der Waals surface area contributed by atoms with Crippen molar-refractivity contribution < 1.29 is 0 Å². The quantitative estimate of drug-likeness (QED) is 0.617. The van der Waals surface area contributed by atoms with Gasteiger partial charge < -0.3 is 4.90 Å². The number of hydrogen-bond acceptors (Lipinski definition) is 1. The maximum absolute atomic E-state index is 2.58. The largest absolute Gasteiger partial charge is 0.303 e. The van der Waals surface area contributed by atoms with Crippen LogP contribution in [-0.4, -0.2) is 24.5 Å². The van der Waals surface area contributed by atoms with Gasteiger partial charge in [0.15, 0.2) is 0 Å². The third kappa shape index (κ3) is 4.76. The second-order valence-electron chi connectivity index (χ2n) is 4.05. The molecule has 0 N–H and O–H groups in total. The van der Waals surface area contributed by atoms with Crippen LogP contribution in [-0.2, 0) is 0 Å². The molecule has 1 heterocycles. The Bertz CT molecular complexity index is 99.2. The number of hydrogen-bond donors (Lipinski definition) is 0. The zero-order valence-electron chi connectivity index (χ0n) is 9.43. The molecule has 0 unspecified atom stereocenters. The average molecular weight is 171 g/mol. The zero-order chi connectivity index (χ0) is 9.56. The Morgan fingerprint density at radius 3 is 2.25 bits per heavy atom. The number of nitrogens with zero attached hydrogens (tertiary/aromatic N) is 1. The van der Waals surface area contributed by atoms with Gasteiger partial charge in [-0.15, -0.1) is 0 Å². The maximum atomic E-state index is 2.58. The Hall–Kier alpha value is -0.0400. The normalized spacial score (nSPS) is 24.0. The van der Waals surface area contributed by atoms with E-state index in [1.54, 1.807) is 0 Å². The number of rotatable bonds is 2. The molecule has 1 rings (SSSR count). The molecule has 0 spiro atoms. The van der Waals surface area contributed by atoms with Gasteiger partial charge in [-0.3, -0.25) is 0 Å². The molecule has 1 fully saturated rings. The fourth-order valence-electron chi connectivity index (χ4n) is 1.71. The molecule has 74 valence electrons. The first kappa shape index (κ1) is 12.0. The smallest absolute Gasteiger partial charge is 0.000761 e. The van der Waals surface area contributed by atoms with Crippen molar-refractivity contribution in [1.29, 1.82) is 0 Å². The second kappa shape index (κ2) is 6.47. The van der Waals surface area contributed by atoms with Gasteiger partial charge in [0.25, 0.3) is 0 Å². The monoisotopic (exact) mass is 171 g/mol. The van der Waals surface area contributed by atoms with Crippen LogP contribution in [0.4, 0.5) is 0 Å². The predicted octanol–water partition coefficient (Wildman–Crippen LogP) is 3.01. The van der Waals surface area contributed by atoms with Gasteiger partial charge in [-0.05, 0) is 24.8 Å². The maximum Gasteiger partial charge on any atom is 0.000761 e. The van der Waals surface area contributed by atoms with E-state index >= 15 is 0 Å². The van der Waals surface area contributed by atoms with E-state index in [2.05, 4.69) is 25.7 Å². The molecule has 1 nitrogen and oxygen atoms in total. The molecule has 1 saturated heterocycles.